The van der Waals surface area contributed by atoms with Crippen molar-refractivity contribution in [2.24, 2.45) is 0 Å². The number of rotatable bonds is 4. The molecule has 0 saturated carbocycles. The average molecular weight is 516 g/mol. The zero-order chi connectivity index (χ0) is 27.8. The van der Waals surface area contributed by atoms with Crippen molar-refractivity contribution in [1.29, 1.82) is 0 Å². The molecule has 1 aromatic heterocycles. The lowest BCUT2D eigenvalue weighted by Gasteiger charge is -2.63. The van der Waals surface area contributed by atoms with E-state index in [-0.39, 0.29) is 16.7 Å². The Labute approximate surface area is 210 Å². The molecule has 1 fully saturated rings. The number of phenolic OH excluding ortho intramolecular Hbond substituents is 2. The number of carboxylic acids is 1. The molecule has 1 saturated heterocycles. The van der Waals surface area contributed by atoms with Crippen molar-refractivity contribution in [2.45, 2.75) is 62.8 Å². The van der Waals surface area contributed by atoms with Crippen LogP contribution >= 0.6 is 0 Å². The van der Waals surface area contributed by atoms with Crippen LogP contribution in [0.15, 0.2) is 51.7 Å². The van der Waals surface area contributed by atoms with Crippen LogP contribution in [0.25, 0.3) is 22.3 Å². The topological polar surface area (TPSA) is 187 Å². The lowest BCUT2D eigenvalue weighted by Crippen LogP contribution is -2.86. The Balaban J connectivity index is 1.91. The first-order chi connectivity index (χ1) is 16.9. The number of aliphatic hydroxyl groups is 3. The highest BCUT2D eigenvalue weighted by molar-refractivity contribution is 5.89. The summed E-state index contributed by atoms with van der Waals surface area (Å²) in [4.78, 5) is 24.9. The molecule has 2 heterocycles. The normalized spacial score (nSPS) is 33.8. The Morgan fingerprint density at radius 3 is 2.03 bits per heavy atom. The van der Waals surface area contributed by atoms with Crippen LogP contribution in [-0.4, -0.2) is 64.8 Å². The fraction of sp³-hybridized carbons (Fsp3) is 0.385. The second-order valence-corrected chi connectivity index (χ2v) is 9.99. The lowest BCUT2D eigenvalue weighted by atomic mass is 9.61. The summed E-state index contributed by atoms with van der Waals surface area (Å²) in [5.74, 6) is -6.35. The molecule has 37 heavy (non-hydrogen) atoms. The first-order valence-corrected chi connectivity index (χ1v) is 11.3. The Morgan fingerprint density at radius 1 is 0.865 bits per heavy atom. The monoisotopic (exact) mass is 516 g/mol. The van der Waals surface area contributed by atoms with E-state index in [2.05, 4.69) is 0 Å². The molecule has 5 unspecified atom stereocenters. The molecule has 3 aromatic rings. The van der Waals surface area contributed by atoms with Gasteiger partial charge in [0.15, 0.2) is 28.1 Å². The molecule has 0 radical (unpaired) electrons. The van der Waals surface area contributed by atoms with Crippen molar-refractivity contribution in [2.75, 3.05) is 0 Å². The predicted molar refractivity (Wildman–Crippen MR) is 129 cm³/mol. The van der Waals surface area contributed by atoms with Gasteiger partial charge in [0.25, 0.3) is 0 Å². The number of benzene rings is 2. The minimum atomic E-state index is -2.55. The van der Waals surface area contributed by atoms with Gasteiger partial charge in [-0.05, 0) is 27.7 Å². The van der Waals surface area contributed by atoms with Gasteiger partial charge < -0.3 is 44.5 Å². The third-order valence-corrected chi connectivity index (χ3v) is 7.81. The van der Waals surface area contributed by atoms with Crippen LogP contribution in [0.1, 0.15) is 34.6 Å². The molecular formula is C26H28O11. The highest BCUT2D eigenvalue weighted by Crippen LogP contribution is 2.55. The molecule has 0 amide bonds. The van der Waals surface area contributed by atoms with Gasteiger partial charge in [-0.25, -0.2) is 4.79 Å². The number of carboxylic acid groups (broad SMARTS) is 1. The van der Waals surface area contributed by atoms with E-state index >= 15 is 0 Å². The average Bonchev–Trinajstić information content (AvgIpc) is 2.81. The van der Waals surface area contributed by atoms with Gasteiger partial charge in [-0.3, -0.25) is 4.79 Å². The molecule has 1 aliphatic heterocycles. The standard InChI is InChI=1S/C26H28O11/c1-22(21(30)31)23(2,32)24(3,33)25(4,34)26(5,37-22)36-17-12-16-18(20(29)19(17)28)14(27)11-15(35-16)13-9-7-6-8-10-13/h6-12,28-29,32-34H,1-5H3,(H,30,31). The van der Waals surface area contributed by atoms with Crippen molar-refractivity contribution in [3.05, 3.63) is 52.7 Å². The van der Waals surface area contributed by atoms with Crippen LogP contribution in [0.3, 0.4) is 0 Å². The summed E-state index contributed by atoms with van der Waals surface area (Å²) in [6.07, 6.45) is 0. The zero-order valence-electron chi connectivity index (χ0n) is 20.8. The quantitative estimate of drug-likeness (QED) is 0.279. The molecule has 0 bridgehead atoms. The minimum absolute atomic E-state index is 0.152. The predicted octanol–water partition coefficient (Wildman–Crippen LogP) is 2.09. The number of aliphatic carboxylic acids is 1. The van der Waals surface area contributed by atoms with Crippen LogP contribution in [0.4, 0.5) is 0 Å². The maximum Gasteiger partial charge on any atom is 0.339 e. The molecule has 2 aromatic carbocycles. The van der Waals surface area contributed by atoms with E-state index in [9.17, 15) is 40.2 Å². The SMILES string of the molecule is CC1(Oc2cc3oc(-c4ccccc4)cc(=O)c3c(O)c2O)OC(C)(C(=O)O)C(C)(O)C(C)(O)C1(C)O. The van der Waals surface area contributed by atoms with Gasteiger partial charge in [0.2, 0.25) is 11.5 Å². The van der Waals surface area contributed by atoms with Crippen LogP contribution in [-0.2, 0) is 9.53 Å². The van der Waals surface area contributed by atoms with Gasteiger partial charge in [-0.2, -0.15) is 0 Å². The molecule has 0 spiro atoms. The van der Waals surface area contributed by atoms with E-state index in [1.165, 1.54) is 0 Å². The van der Waals surface area contributed by atoms with Crippen LogP contribution in [0, 0.1) is 0 Å². The molecule has 0 aliphatic carbocycles. The van der Waals surface area contributed by atoms with E-state index in [0.29, 0.717) is 5.56 Å². The van der Waals surface area contributed by atoms with Gasteiger partial charge in [-0.1, -0.05) is 30.3 Å². The van der Waals surface area contributed by atoms with Gasteiger partial charge in [-0.15, -0.1) is 0 Å². The van der Waals surface area contributed by atoms with Gasteiger partial charge in [0, 0.05) is 24.6 Å². The van der Waals surface area contributed by atoms with E-state index in [0.717, 1.165) is 46.8 Å². The summed E-state index contributed by atoms with van der Waals surface area (Å²) in [7, 11) is 0. The first kappa shape index (κ1) is 26.4. The van der Waals surface area contributed by atoms with Gasteiger partial charge >= 0.3 is 5.97 Å². The smallest absolute Gasteiger partial charge is 0.339 e. The van der Waals surface area contributed by atoms with E-state index in [1.54, 1.807) is 30.3 Å². The Hall–Kier alpha value is -3.64. The van der Waals surface area contributed by atoms with Gasteiger partial charge in [0.1, 0.15) is 27.9 Å². The third-order valence-electron chi connectivity index (χ3n) is 7.81. The Bertz CT molecular complexity index is 1450. The van der Waals surface area contributed by atoms with Crippen molar-refractivity contribution < 1.29 is 49.3 Å². The van der Waals surface area contributed by atoms with Crippen molar-refractivity contribution in [1.82, 2.24) is 0 Å². The number of phenols is 2. The van der Waals surface area contributed by atoms with Crippen molar-refractivity contribution in [3.63, 3.8) is 0 Å². The van der Waals surface area contributed by atoms with E-state index < -0.39 is 56.8 Å². The maximum atomic E-state index is 12.8. The summed E-state index contributed by atoms with van der Waals surface area (Å²) in [5, 5.41) is 64.4. The summed E-state index contributed by atoms with van der Waals surface area (Å²) >= 11 is 0. The molecule has 198 valence electrons. The first-order valence-electron chi connectivity index (χ1n) is 11.3. The molecule has 11 nitrogen and oxygen atoms in total. The molecule has 11 heteroatoms. The minimum Gasteiger partial charge on any atom is -0.504 e. The Kier molecular flexibility index (Phi) is 5.66. The lowest BCUT2D eigenvalue weighted by molar-refractivity contribution is -0.430. The summed E-state index contributed by atoms with van der Waals surface area (Å²) in [6, 6.07) is 10.8. The zero-order valence-corrected chi connectivity index (χ0v) is 20.8. The largest absolute Gasteiger partial charge is 0.504 e. The number of hydrogen-bond acceptors (Lipinski definition) is 10. The number of hydrogen-bond donors (Lipinski definition) is 6. The highest BCUT2D eigenvalue weighted by Gasteiger charge is 2.77. The highest BCUT2D eigenvalue weighted by atomic mass is 16.7. The van der Waals surface area contributed by atoms with E-state index in [1.807, 2.05) is 0 Å². The van der Waals surface area contributed by atoms with Crippen LogP contribution in [0.5, 0.6) is 17.2 Å². The third kappa shape index (κ3) is 3.42. The maximum absolute atomic E-state index is 12.8. The molecule has 6 N–H and O–H groups in total. The second-order valence-electron chi connectivity index (χ2n) is 9.99. The number of carbonyl (C=O) groups is 1. The van der Waals surface area contributed by atoms with Crippen LogP contribution in [0.2, 0.25) is 0 Å². The van der Waals surface area contributed by atoms with E-state index in [4.69, 9.17) is 13.9 Å². The summed E-state index contributed by atoms with van der Waals surface area (Å²) < 4.78 is 17.2. The molecule has 5 atom stereocenters. The van der Waals surface area contributed by atoms with Crippen molar-refractivity contribution in [3.8, 4) is 28.6 Å². The van der Waals surface area contributed by atoms with Crippen molar-refractivity contribution >= 4 is 16.9 Å². The Morgan fingerprint density at radius 2 is 1.46 bits per heavy atom. The molecule has 1 aliphatic rings. The number of fused-ring (bicyclic) bond motifs is 1. The van der Waals surface area contributed by atoms with Gasteiger partial charge in [0.05, 0.1) is 0 Å². The molecular weight excluding hydrogens is 488 g/mol. The second kappa shape index (κ2) is 7.93. The number of ether oxygens (including phenoxy) is 2. The van der Waals surface area contributed by atoms with Crippen LogP contribution < -0.4 is 10.2 Å². The fourth-order valence-corrected chi connectivity index (χ4v) is 4.64. The molecule has 4 rings (SSSR count). The number of aromatic hydroxyl groups is 2. The fourth-order valence-electron chi connectivity index (χ4n) is 4.64. The summed E-state index contributed by atoms with van der Waals surface area (Å²) in [5.41, 5.74) is -10.4. The summed E-state index contributed by atoms with van der Waals surface area (Å²) in [6.45, 7) is 5.14.